The van der Waals surface area contributed by atoms with Crippen LogP contribution < -0.4 is 10.6 Å². The number of hydrogen-bond acceptors (Lipinski definition) is 3. The van der Waals surface area contributed by atoms with Gasteiger partial charge in [0.2, 0.25) is 0 Å². The highest BCUT2D eigenvalue weighted by Gasteiger charge is 1.99. The number of hydrogen-bond donors (Lipinski definition) is 2. The molecule has 0 atom stereocenters. The highest BCUT2D eigenvalue weighted by atomic mass is 35.5. The number of nitrogens with one attached hydrogen (secondary N) is 2. The van der Waals surface area contributed by atoms with E-state index < -0.39 is 0 Å². The van der Waals surface area contributed by atoms with Crippen molar-refractivity contribution in [2.24, 2.45) is 0 Å². The zero-order chi connectivity index (χ0) is 10.5. The molecule has 1 heterocycles. The molecule has 1 aromatic carbocycles. The lowest BCUT2D eigenvalue weighted by Crippen LogP contribution is -2.18. The zero-order valence-corrected chi connectivity index (χ0v) is 10.7. The Bertz CT molecular complexity index is 431. The summed E-state index contributed by atoms with van der Waals surface area (Å²) in [6, 6.07) is 9.77. The summed E-state index contributed by atoms with van der Waals surface area (Å²) in [7, 11) is 0. The molecule has 0 aliphatic rings. The van der Waals surface area contributed by atoms with Gasteiger partial charge in [-0.2, -0.15) is 0 Å². The number of halogens is 1. The largest absolute Gasteiger partial charge is 0.332 e. The van der Waals surface area contributed by atoms with E-state index in [1.54, 1.807) is 6.20 Å². The molecule has 16 heavy (non-hydrogen) atoms. The predicted octanol–water partition coefficient (Wildman–Crippen LogP) is 3.37. The molecule has 0 unspecified atom stereocenters. The second-order valence-corrected chi connectivity index (χ2v) is 4.09. The van der Waals surface area contributed by atoms with E-state index in [-0.39, 0.29) is 12.4 Å². The minimum Gasteiger partial charge on any atom is -0.332 e. The van der Waals surface area contributed by atoms with Gasteiger partial charge in [0.15, 0.2) is 10.2 Å². The van der Waals surface area contributed by atoms with E-state index in [1.165, 1.54) is 11.3 Å². The normalized spacial score (nSPS) is 9.00. The monoisotopic (exact) mass is 271 g/mol. The highest BCUT2D eigenvalue weighted by Crippen LogP contribution is 2.11. The number of para-hydroxylation sites is 1. The molecule has 6 heteroatoms. The fraction of sp³-hybridized carbons (Fsp3) is 0. The van der Waals surface area contributed by atoms with Crippen LogP contribution in [0.1, 0.15) is 0 Å². The minimum absolute atomic E-state index is 0. The van der Waals surface area contributed by atoms with Crippen molar-refractivity contribution in [1.82, 2.24) is 4.98 Å². The van der Waals surface area contributed by atoms with Crippen LogP contribution in [0.4, 0.5) is 10.8 Å². The summed E-state index contributed by atoms with van der Waals surface area (Å²) in [5.74, 6) is 0. The smallest absolute Gasteiger partial charge is 0.188 e. The van der Waals surface area contributed by atoms with Gasteiger partial charge in [-0.05, 0) is 24.4 Å². The molecule has 0 saturated carbocycles. The van der Waals surface area contributed by atoms with E-state index in [0.717, 1.165) is 10.8 Å². The van der Waals surface area contributed by atoms with E-state index in [4.69, 9.17) is 12.2 Å². The van der Waals surface area contributed by atoms with E-state index >= 15 is 0 Å². The second kappa shape index (κ2) is 6.42. The Morgan fingerprint density at radius 1 is 1.19 bits per heavy atom. The number of thiazole rings is 1. The number of thiocarbonyl (C=S) groups is 1. The van der Waals surface area contributed by atoms with Crippen molar-refractivity contribution in [3.8, 4) is 0 Å². The van der Waals surface area contributed by atoms with Gasteiger partial charge in [-0.15, -0.1) is 23.7 Å². The predicted molar refractivity (Wildman–Crippen MR) is 75.6 cm³/mol. The molecule has 0 aliphatic carbocycles. The molecule has 0 fully saturated rings. The molecule has 0 bridgehead atoms. The standard InChI is InChI=1S/C10H9N3S2.ClH/c14-9(13-10-11-6-7-15-10)12-8-4-2-1-3-5-8;/h1-7H,(H2,11,12,13,14);1H. The molecule has 0 radical (unpaired) electrons. The third-order valence-electron chi connectivity index (χ3n) is 1.68. The van der Waals surface area contributed by atoms with Crippen LogP contribution in [-0.4, -0.2) is 10.1 Å². The summed E-state index contributed by atoms with van der Waals surface area (Å²) < 4.78 is 0. The maximum Gasteiger partial charge on any atom is 0.188 e. The molecular weight excluding hydrogens is 262 g/mol. The summed E-state index contributed by atoms with van der Waals surface area (Å²) in [5.41, 5.74) is 0.964. The van der Waals surface area contributed by atoms with Crippen molar-refractivity contribution in [2.45, 2.75) is 0 Å². The second-order valence-electron chi connectivity index (χ2n) is 2.78. The maximum atomic E-state index is 5.13. The van der Waals surface area contributed by atoms with Gasteiger partial charge in [-0.1, -0.05) is 18.2 Å². The lowest BCUT2D eigenvalue weighted by atomic mass is 10.3. The maximum absolute atomic E-state index is 5.13. The Hall–Kier alpha value is -1.17. The molecule has 2 N–H and O–H groups in total. The topological polar surface area (TPSA) is 37.0 Å². The van der Waals surface area contributed by atoms with Crippen LogP contribution in [0.2, 0.25) is 0 Å². The molecule has 1 aromatic heterocycles. The first-order valence-corrected chi connectivity index (χ1v) is 5.66. The zero-order valence-electron chi connectivity index (χ0n) is 8.21. The van der Waals surface area contributed by atoms with Gasteiger partial charge in [0.05, 0.1) is 0 Å². The van der Waals surface area contributed by atoms with Gasteiger partial charge < -0.3 is 10.6 Å². The minimum atomic E-state index is 0. The van der Waals surface area contributed by atoms with Gasteiger partial charge >= 0.3 is 0 Å². The van der Waals surface area contributed by atoms with Crippen molar-refractivity contribution in [3.63, 3.8) is 0 Å². The molecule has 0 saturated heterocycles. The highest BCUT2D eigenvalue weighted by molar-refractivity contribution is 7.80. The summed E-state index contributed by atoms with van der Waals surface area (Å²) in [5, 5.41) is 9.31. The summed E-state index contributed by atoms with van der Waals surface area (Å²) in [6.07, 6.45) is 1.73. The van der Waals surface area contributed by atoms with Crippen LogP contribution in [-0.2, 0) is 0 Å². The van der Waals surface area contributed by atoms with Crippen LogP contribution in [0.25, 0.3) is 0 Å². The third-order valence-corrected chi connectivity index (χ3v) is 2.58. The van der Waals surface area contributed by atoms with Gasteiger partial charge in [-0.25, -0.2) is 4.98 Å². The summed E-state index contributed by atoms with van der Waals surface area (Å²) in [6.45, 7) is 0. The van der Waals surface area contributed by atoms with Crippen molar-refractivity contribution in [2.75, 3.05) is 10.6 Å². The Kier molecular flexibility index (Phi) is 5.18. The van der Waals surface area contributed by atoms with Crippen LogP contribution in [0, 0.1) is 0 Å². The van der Waals surface area contributed by atoms with Crippen molar-refractivity contribution < 1.29 is 0 Å². The van der Waals surface area contributed by atoms with Crippen LogP contribution in [0.5, 0.6) is 0 Å². The molecular formula is C10H10ClN3S2. The first-order valence-electron chi connectivity index (χ1n) is 4.37. The van der Waals surface area contributed by atoms with Crippen LogP contribution in [0.3, 0.4) is 0 Å². The number of benzene rings is 1. The molecule has 3 nitrogen and oxygen atoms in total. The molecule has 0 aliphatic heterocycles. The van der Waals surface area contributed by atoms with E-state index in [1.807, 2.05) is 35.7 Å². The fourth-order valence-electron chi connectivity index (χ4n) is 1.07. The van der Waals surface area contributed by atoms with Crippen molar-refractivity contribution in [1.29, 1.82) is 0 Å². The Morgan fingerprint density at radius 2 is 1.94 bits per heavy atom. The first kappa shape index (κ1) is 12.9. The van der Waals surface area contributed by atoms with Crippen LogP contribution in [0.15, 0.2) is 41.9 Å². The van der Waals surface area contributed by atoms with E-state index in [2.05, 4.69) is 15.6 Å². The molecule has 2 aromatic rings. The SMILES string of the molecule is Cl.S=C(Nc1ccccc1)Nc1nccs1. The quantitative estimate of drug-likeness (QED) is 0.821. The van der Waals surface area contributed by atoms with E-state index in [9.17, 15) is 0 Å². The number of nitrogens with zero attached hydrogens (tertiary/aromatic N) is 1. The van der Waals surface area contributed by atoms with Gasteiger partial charge in [0.1, 0.15) is 0 Å². The average molecular weight is 272 g/mol. The van der Waals surface area contributed by atoms with Crippen molar-refractivity contribution in [3.05, 3.63) is 41.9 Å². The molecule has 0 amide bonds. The van der Waals surface area contributed by atoms with Gasteiger partial charge in [-0.3, -0.25) is 0 Å². The summed E-state index contributed by atoms with van der Waals surface area (Å²) in [4.78, 5) is 4.08. The summed E-state index contributed by atoms with van der Waals surface area (Å²) >= 11 is 6.64. The van der Waals surface area contributed by atoms with Crippen molar-refractivity contribution >= 4 is 51.9 Å². The third kappa shape index (κ3) is 3.77. The lowest BCUT2D eigenvalue weighted by molar-refractivity contribution is 1.41. The average Bonchev–Trinajstić information content (AvgIpc) is 2.71. The first-order chi connectivity index (χ1) is 7.34. The fourth-order valence-corrected chi connectivity index (χ4v) is 1.88. The van der Waals surface area contributed by atoms with Gasteiger partial charge in [0.25, 0.3) is 0 Å². The molecule has 0 spiro atoms. The molecule has 2 rings (SSSR count). The van der Waals surface area contributed by atoms with Crippen LogP contribution >= 0.6 is 36.0 Å². The number of aromatic nitrogens is 1. The Labute approximate surface area is 109 Å². The van der Waals surface area contributed by atoms with E-state index in [0.29, 0.717) is 5.11 Å². The Balaban J connectivity index is 0.00000128. The molecule has 84 valence electrons. The van der Waals surface area contributed by atoms with Gasteiger partial charge in [0, 0.05) is 17.3 Å². The lowest BCUT2D eigenvalue weighted by Gasteiger charge is -2.07. The Morgan fingerprint density at radius 3 is 2.56 bits per heavy atom. The number of rotatable bonds is 2. The number of anilines is 2.